The first-order valence-electron chi connectivity index (χ1n) is 8.18. The van der Waals surface area contributed by atoms with E-state index < -0.39 is 5.97 Å². The zero-order valence-corrected chi connectivity index (χ0v) is 14.5. The minimum Gasteiger partial charge on any atom is -0.496 e. The molecule has 0 aromatic heterocycles. The lowest BCUT2D eigenvalue weighted by Gasteiger charge is -2.23. The lowest BCUT2D eigenvalue weighted by atomic mass is 9.95. The van der Waals surface area contributed by atoms with Gasteiger partial charge in [0.2, 0.25) is 0 Å². The van der Waals surface area contributed by atoms with Gasteiger partial charge in [-0.1, -0.05) is 44.2 Å². The summed E-state index contributed by atoms with van der Waals surface area (Å²) in [5.41, 5.74) is 2.46. The Kier molecular flexibility index (Phi) is 6.38. The molecule has 0 bridgehead atoms. The Morgan fingerprint density at radius 1 is 1.17 bits per heavy atom. The Morgan fingerprint density at radius 3 is 2.58 bits per heavy atom. The van der Waals surface area contributed by atoms with Crippen LogP contribution in [0.4, 0.5) is 0 Å². The summed E-state index contributed by atoms with van der Waals surface area (Å²) in [6.07, 6.45) is 0.861. The van der Waals surface area contributed by atoms with Gasteiger partial charge < -0.3 is 15.2 Å². The van der Waals surface area contributed by atoms with Crippen molar-refractivity contribution in [3.63, 3.8) is 0 Å². The van der Waals surface area contributed by atoms with Crippen LogP contribution in [0, 0.1) is 5.92 Å². The van der Waals surface area contributed by atoms with Gasteiger partial charge in [-0.25, -0.2) is 4.79 Å². The fourth-order valence-corrected chi connectivity index (χ4v) is 2.72. The Labute approximate surface area is 143 Å². The number of carboxylic acids is 1. The highest BCUT2D eigenvalue weighted by Crippen LogP contribution is 2.21. The van der Waals surface area contributed by atoms with Crippen LogP contribution in [0.25, 0.3) is 0 Å². The molecule has 0 aliphatic rings. The predicted octanol–water partition coefficient (Wildman–Crippen LogP) is 3.75. The van der Waals surface area contributed by atoms with Gasteiger partial charge in [0, 0.05) is 12.6 Å². The van der Waals surface area contributed by atoms with Crippen LogP contribution >= 0.6 is 0 Å². The molecule has 128 valence electrons. The molecular formula is C20H25NO3. The van der Waals surface area contributed by atoms with Crippen LogP contribution < -0.4 is 10.1 Å². The van der Waals surface area contributed by atoms with Crippen molar-refractivity contribution in [1.82, 2.24) is 5.32 Å². The summed E-state index contributed by atoms with van der Waals surface area (Å²) in [6, 6.07) is 15.4. The van der Waals surface area contributed by atoms with Crippen molar-refractivity contribution < 1.29 is 14.6 Å². The molecule has 2 aromatic rings. The number of carboxylic acid groups (broad SMARTS) is 1. The van der Waals surface area contributed by atoms with Crippen molar-refractivity contribution in [3.05, 3.63) is 65.2 Å². The maximum atomic E-state index is 11.1. The Balaban J connectivity index is 2.06. The number of ether oxygens (including phenoxy) is 1. The third-order valence-corrected chi connectivity index (χ3v) is 4.18. The number of para-hydroxylation sites is 1. The van der Waals surface area contributed by atoms with Crippen molar-refractivity contribution in [1.29, 1.82) is 0 Å². The second-order valence-corrected chi connectivity index (χ2v) is 6.25. The number of aromatic carboxylic acids is 1. The molecule has 0 saturated carbocycles. The fraction of sp³-hybridized carbons (Fsp3) is 0.350. The lowest BCUT2D eigenvalue weighted by Crippen LogP contribution is -2.35. The van der Waals surface area contributed by atoms with Gasteiger partial charge in [0.15, 0.2) is 0 Å². The van der Waals surface area contributed by atoms with Crippen LogP contribution in [0.15, 0.2) is 48.5 Å². The standard InChI is InChI=1S/C20H25NO3/c1-14(2)18(12-16-8-4-5-10-19(16)24-3)21-13-15-7-6-9-17(11-15)20(22)23/h4-11,14,18,21H,12-13H2,1-3H3,(H,22,23). The second kappa shape index (κ2) is 8.50. The topological polar surface area (TPSA) is 58.6 Å². The van der Waals surface area contributed by atoms with Gasteiger partial charge in [-0.05, 0) is 41.7 Å². The molecule has 24 heavy (non-hydrogen) atoms. The molecule has 0 saturated heterocycles. The van der Waals surface area contributed by atoms with E-state index in [0.717, 1.165) is 17.7 Å². The van der Waals surface area contributed by atoms with Gasteiger partial charge in [0.05, 0.1) is 12.7 Å². The largest absolute Gasteiger partial charge is 0.496 e. The molecule has 0 fully saturated rings. The quantitative estimate of drug-likeness (QED) is 0.775. The number of methoxy groups -OCH3 is 1. The zero-order valence-electron chi connectivity index (χ0n) is 14.5. The molecule has 0 aliphatic carbocycles. The highest BCUT2D eigenvalue weighted by molar-refractivity contribution is 5.87. The molecule has 2 rings (SSSR count). The monoisotopic (exact) mass is 327 g/mol. The average Bonchev–Trinajstić information content (AvgIpc) is 2.58. The highest BCUT2D eigenvalue weighted by atomic mass is 16.5. The highest BCUT2D eigenvalue weighted by Gasteiger charge is 2.16. The number of hydrogen-bond donors (Lipinski definition) is 2. The summed E-state index contributed by atoms with van der Waals surface area (Å²) in [5.74, 6) is 0.446. The predicted molar refractivity (Wildman–Crippen MR) is 95.6 cm³/mol. The summed E-state index contributed by atoms with van der Waals surface area (Å²) in [4.78, 5) is 11.1. The van der Waals surface area contributed by atoms with Gasteiger partial charge in [-0.2, -0.15) is 0 Å². The summed E-state index contributed by atoms with van der Waals surface area (Å²) < 4.78 is 5.44. The minimum atomic E-state index is -0.897. The Hall–Kier alpha value is -2.33. The maximum absolute atomic E-state index is 11.1. The second-order valence-electron chi connectivity index (χ2n) is 6.25. The summed E-state index contributed by atoms with van der Waals surface area (Å²) in [5, 5.41) is 12.6. The zero-order chi connectivity index (χ0) is 17.5. The van der Waals surface area contributed by atoms with Crippen molar-refractivity contribution in [3.8, 4) is 5.75 Å². The number of benzene rings is 2. The summed E-state index contributed by atoms with van der Waals surface area (Å²) in [7, 11) is 1.69. The first-order valence-corrected chi connectivity index (χ1v) is 8.18. The van der Waals surface area contributed by atoms with E-state index in [0.29, 0.717) is 18.0 Å². The molecular weight excluding hydrogens is 302 g/mol. The Bertz CT molecular complexity index is 682. The van der Waals surface area contributed by atoms with Gasteiger partial charge >= 0.3 is 5.97 Å². The van der Waals surface area contributed by atoms with Crippen LogP contribution in [0.2, 0.25) is 0 Å². The van der Waals surface area contributed by atoms with E-state index in [-0.39, 0.29) is 6.04 Å². The molecule has 0 aliphatic heterocycles. The minimum absolute atomic E-state index is 0.273. The van der Waals surface area contributed by atoms with E-state index in [1.807, 2.05) is 24.3 Å². The molecule has 4 nitrogen and oxygen atoms in total. The molecule has 1 atom stereocenters. The van der Waals surface area contributed by atoms with E-state index in [1.165, 1.54) is 5.56 Å². The van der Waals surface area contributed by atoms with E-state index in [2.05, 4.69) is 25.2 Å². The fourth-order valence-electron chi connectivity index (χ4n) is 2.72. The molecule has 4 heteroatoms. The lowest BCUT2D eigenvalue weighted by molar-refractivity contribution is 0.0696. The molecule has 2 N–H and O–H groups in total. The molecule has 0 amide bonds. The van der Waals surface area contributed by atoms with Gasteiger partial charge in [-0.15, -0.1) is 0 Å². The maximum Gasteiger partial charge on any atom is 0.335 e. The van der Waals surface area contributed by atoms with Crippen LogP contribution in [-0.4, -0.2) is 24.2 Å². The van der Waals surface area contributed by atoms with Gasteiger partial charge in [-0.3, -0.25) is 0 Å². The molecule has 0 spiro atoms. The molecule has 2 aromatic carbocycles. The Morgan fingerprint density at radius 2 is 1.92 bits per heavy atom. The average molecular weight is 327 g/mol. The van der Waals surface area contributed by atoms with Crippen LogP contribution in [0.1, 0.15) is 35.3 Å². The normalized spacial score (nSPS) is 12.2. The molecule has 0 radical (unpaired) electrons. The van der Waals surface area contributed by atoms with Crippen LogP contribution in [0.3, 0.4) is 0 Å². The van der Waals surface area contributed by atoms with E-state index in [4.69, 9.17) is 9.84 Å². The number of hydrogen-bond acceptors (Lipinski definition) is 3. The summed E-state index contributed by atoms with van der Waals surface area (Å²) >= 11 is 0. The van der Waals surface area contributed by atoms with Crippen molar-refractivity contribution in [2.75, 3.05) is 7.11 Å². The molecule has 0 heterocycles. The van der Waals surface area contributed by atoms with E-state index in [9.17, 15) is 4.79 Å². The van der Waals surface area contributed by atoms with Gasteiger partial charge in [0.25, 0.3) is 0 Å². The van der Waals surface area contributed by atoms with Crippen molar-refractivity contribution >= 4 is 5.97 Å². The summed E-state index contributed by atoms with van der Waals surface area (Å²) in [6.45, 7) is 5.00. The SMILES string of the molecule is COc1ccccc1CC(NCc1cccc(C(=O)O)c1)C(C)C. The third-order valence-electron chi connectivity index (χ3n) is 4.18. The third kappa shape index (κ3) is 4.83. The first kappa shape index (κ1) is 18.0. The van der Waals surface area contributed by atoms with Crippen LogP contribution in [0.5, 0.6) is 5.75 Å². The number of carbonyl (C=O) groups is 1. The van der Waals surface area contributed by atoms with Gasteiger partial charge in [0.1, 0.15) is 5.75 Å². The van der Waals surface area contributed by atoms with Crippen molar-refractivity contribution in [2.45, 2.75) is 32.9 Å². The molecule has 1 unspecified atom stereocenters. The number of nitrogens with one attached hydrogen (secondary N) is 1. The smallest absolute Gasteiger partial charge is 0.335 e. The van der Waals surface area contributed by atoms with E-state index >= 15 is 0 Å². The van der Waals surface area contributed by atoms with E-state index in [1.54, 1.807) is 25.3 Å². The first-order chi connectivity index (χ1) is 11.5. The van der Waals surface area contributed by atoms with Crippen molar-refractivity contribution in [2.24, 2.45) is 5.92 Å². The van der Waals surface area contributed by atoms with Crippen LogP contribution in [-0.2, 0) is 13.0 Å². The number of rotatable bonds is 8.